The van der Waals surface area contributed by atoms with Crippen LogP contribution in [0.2, 0.25) is 0 Å². The van der Waals surface area contributed by atoms with Gasteiger partial charge in [0.25, 0.3) is 0 Å². The summed E-state index contributed by atoms with van der Waals surface area (Å²) in [4.78, 5) is 16.5. The Balaban J connectivity index is 1.57. The van der Waals surface area contributed by atoms with E-state index in [2.05, 4.69) is 9.55 Å². The largest absolute Gasteiger partial charge is 0.457 e. The van der Waals surface area contributed by atoms with E-state index in [0.29, 0.717) is 12.3 Å². The molecule has 1 aliphatic heterocycles. The van der Waals surface area contributed by atoms with E-state index in [1.165, 1.54) is 6.26 Å². The maximum absolute atomic E-state index is 11.9. The van der Waals surface area contributed by atoms with Crippen LogP contribution in [-0.4, -0.2) is 27.4 Å². The first kappa shape index (κ1) is 12.5. The Morgan fingerprint density at radius 2 is 2.24 bits per heavy atom. The topological polar surface area (TPSA) is 57.3 Å². The third-order valence-electron chi connectivity index (χ3n) is 3.40. The molecule has 0 amide bonds. The molecule has 0 saturated heterocycles. The first-order chi connectivity index (χ1) is 10.3. The van der Waals surface area contributed by atoms with Crippen LogP contribution in [0.5, 0.6) is 0 Å². The standard InChI is InChI=1S/C15H12N2O3S/c18-14(13-6-3-7-19-13)20-10-8-17-12-5-2-1-4-11(12)16-15(17)21-9-10/h1-7,10H,8-9H2/t10-/m0/s1. The number of rotatable bonds is 2. The summed E-state index contributed by atoms with van der Waals surface area (Å²) in [6.45, 7) is 0.620. The van der Waals surface area contributed by atoms with Crippen LogP contribution >= 0.6 is 11.8 Å². The van der Waals surface area contributed by atoms with Gasteiger partial charge in [0.2, 0.25) is 5.76 Å². The van der Waals surface area contributed by atoms with Gasteiger partial charge in [-0.1, -0.05) is 23.9 Å². The molecule has 2 aromatic heterocycles. The Labute approximate surface area is 124 Å². The van der Waals surface area contributed by atoms with Gasteiger partial charge in [-0.2, -0.15) is 0 Å². The summed E-state index contributed by atoms with van der Waals surface area (Å²) in [5, 5.41) is 0.974. The Kier molecular flexibility index (Phi) is 2.96. The lowest BCUT2D eigenvalue weighted by Gasteiger charge is -2.23. The second-order valence-corrected chi connectivity index (χ2v) is 5.80. The van der Waals surface area contributed by atoms with Crippen molar-refractivity contribution in [2.75, 3.05) is 5.75 Å². The SMILES string of the molecule is O=C(O[C@@H]1CSc2nc3ccccc3n2C1)c1ccco1. The average molecular weight is 300 g/mol. The highest BCUT2D eigenvalue weighted by Crippen LogP contribution is 2.30. The summed E-state index contributed by atoms with van der Waals surface area (Å²) < 4.78 is 12.7. The molecule has 0 bridgehead atoms. The number of carbonyl (C=O) groups excluding carboxylic acids is 1. The van der Waals surface area contributed by atoms with Crippen LogP contribution in [0, 0.1) is 0 Å². The third-order valence-corrected chi connectivity index (χ3v) is 4.51. The second-order valence-electron chi connectivity index (χ2n) is 4.81. The lowest BCUT2D eigenvalue weighted by molar-refractivity contribution is 0.0271. The normalized spacial score (nSPS) is 17.6. The lowest BCUT2D eigenvalue weighted by atomic mass is 10.3. The van der Waals surface area contributed by atoms with E-state index in [9.17, 15) is 4.79 Å². The number of nitrogens with zero attached hydrogens (tertiary/aromatic N) is 2. The number of para-hydroxylation sites is 2. The predicted molar refractivity (Wildman–Crippen MR) is 78.4 cm³/mol. The van der Waals surface area contributed by atoms with E-state index in [1.807, 2.05) is 24.3 Å². The maximum atomic E-state index is 11.9. The van der Waals surface area contributed by atoms with Gasteiger partial charge in [-0.05, 0) is 24.3 Å². The molecule has 1 atom stereocenters. The van der Waals surface area contributed by atoms with Gasteiger partial charge in [-0.25, -0.2) is 9.78 Å². The molecule has 0 aliphatic carbocycles. The third kappa shape index (κ3) is 2.21. The number of aromatic nitrogens is 2. The molecule has 0 unspecified atom stereocenters. The fourth-order valence-electron chi connectivity index (χ4n) is 2.44. The fraction of sp³-hybridized carbons (Fsp3) is 0.200. The maximum Gasteiger partial charge on any atom is 0.374 e. The molecule has 1 aliphatic rings. The summed E-state index contributed by atoms with van der Waals surface area (Å²) in [5.74, 6) is 0.523. The van der Waals surface area contributed by atoms with Gasteiger partial charge in [0.15, 0.2) is 5.16 Å². The van der Waals surface area contributed by atoms with E-state index in [0.717, 1.165) is 16.2 Å². The van der Waals surface area contributed by atoms with Crippen LogP contribution in [0.25, 0.3) is 11.0 Å². The van der Waals surface area contributed by atoms with E-state index in [1.54, 1.807) is 23.9 Å². The molecule has 0 saturated carbocycles. The zero-order chi connectivity index (χ0) is 14.2. The van der Waals surface area contributed by atoms with Crippen molar-refractivity contribution in [3.05, 3.63) is 48.4 Å². The van der Waals surface area contributed by atoms with Crippen molar-refractivity contribution in [3.63, 3.8) is 0 Å². The molecular formula is C15H12N2O3S. The molecule has 5 nitrogen and oxygen atoms in total. The van der Waals surface area contributed by atoms with Crippen molar-refractivity contribution >= 4 is 28.8 Å². The molecule has 6 heteroatoms. The summed E-state index contributed by atoms with van der Waals surface area (Å²) in [5.41, 5.74) is 2.04. The Morgan fingerprint density at radius 3 is 3.10 bits per heavy atom. The number of benzene rings is 1. The molecular weight excluding hydrogens is 288 g/mol. The van der Waals surface area contributed by atoms with Crippen molar-refractivity contribution in [2.24, 2.45) is 0 Å². The van der Waals surface area contributed by atoms with Crippen LogP contribution in [0.15, 0.2) is 52.2 Å². The number of imidazole rings is 1. The molecule has 0 N–H and O–H groups in total. The quantitative estimate of drug-likeness (QED) is 0.681. The Morgan fingerprint density at radius 1 is 1.33 bits per heavy atom. The molecule has 0 fully saturated rings. The highest BCUT2D eigenvalue weighted by molar-refractivity contribution is 7.99. The van der Waals surface area contributed by atoms with E-state index in [4.69, 9.17) is 9.15 Å². The molecule has 3 heterocycles. The number of furan rings is 1. The smallest absolute Gasteiger partial charge is 0.374 e. The minimum absolute atomic E-state index is 0.183. The molecule has 0 radical (unpaired) electrons. The van der Waals surface area contributed by atoms with E-state index < -0.39 is 5.97 Å². The minimum atomic E-state index is -0.418. The average Bonchev–Trinajstić information content (AvgIpc) is 3.14. The number of hydrogen-bond acceptors (Lipinski definition) is 5. The predicted octanol–water partition coefficient (Wildman–Crippen LogP) is 2.96. The Bertz CT molecular complexity index is 794. The Hall–Kier alpha value is -2.21. The number of carbonyl (C=O) groups is 1. The first-order valence-corrected chi connectivity index (χ1v) is 7.62. The van der Waals surface area contributed by atoms with Crippen LogP contribution in [0.1, 0.15) is 10.6 Å². The number of thioether (sulfide) groups is 1. The second kappa shape index (κ2) is 4.96. The zero-order valence-corrected chi connectivity index (χ0v) is 11.9. The number of ether oxygens (including phenoxy) is 1. The van der Waals surface area contributed by atoms with Gasteiger partial charge in [-0.3, -0.25) is 0 Å². The monoisotopic (exact) mass is 300 g/mol. The van der Waals surface area contributed by atoms with Gasteiger partial charge in [-0.15, -0.1) is 0 Å². The summed E-state index contributed by atoms with van der Waals surface area (Å²) in [6, 6.07) is 11.3. The van der Waals surface area contributed by atoms with E-state index >= 15 is 0 Å². The van der Waals surface area contributed by atoms with Crippen LogP contribution in [-0.2, 0) is 11.3 Å². The molecule has 21 heavy (non-hydrogen) atoms. The number of fused-ring (bicyclic) bond motifs is 3. The molecule has 1 aromatic carbocycles. The van der Waals surface area contributed by atoms with Gasteiger partial charge in [0, 0.05) is 5.75 Å². The van der Waals surface area contributed by atoms with Gasteiger partial charge in [0.1, 0.15) is 6.10 Å². The molecule has 3 aromatic rings. The van der Waals surface area contributed by atoms with Crippen molar-refractivity contribution in [1.82, 2.24) is 9.55 Å². The number of esters is 1. The number of hydrogen-bond donors (Lipinski definition) is 0. The van der Waals surface area contributed by atoms with Gasteiger partial charge in [0.05, 0.1) is 23.8 Å². The lowest BCUT2D eigenvalue weighted by Crippen LogP contribution is -2.29. The van der Waals surface area contributed by atoms with Crippen molar-refractivity contribution in [2.45, 2.75) is 17.8 Å². The highest BCUT2D eigenvalue weighted by Gasteiger charge is 2.26. The van der Waals surface area contributed by atoms with Crippen LogP contribution < -0.4 is 0 Å². The first-order valence-electron chi connectivity index (χ1n) is 6.64. The van der Waals surface area contributed by atoms with Crippen LogP contribution in [0.3, 0.4) is 0 Å². The van der Waals surface area contributed by atoms with Gasteiger partial charge >= 0.3 is 5.97 Å². The summed E-state index contributed by atoms with van der Waals surface area (Å²) >= 11 is 1.61. The van der Waals surface area contributed by atoms with Crippen molar-refractivity contribution in [1.29, 1.82) is 0 Å². The zero-order valence-electron chi connectivity index (χ0n) is 11.1. The highest BCUT2D eigenvalue weighted by atomic mass is 32.2. The fourth-order valence-corrected chi connectivity index (χ4v) is 3.44. The van der Waals surface area contributed by atoms with Crippen LogP contribution in [0.4, 0.5) is 0 Å². The summed E-state index contributed by atoms with van der Waals surface area (Å²) in [6.07, 6.45) is 1.28. The van der Waals surface area contributed by atoms with Crippen molar-refractivity contribution < 1.29 is 13.9 Å². The molecule has 4 rings (SSSR count). The van der Waals surface area contributed by atoms with Crippen molar-refractivity contribution in [3.8, 4) is 0 Å². The van der Waals surface area contributed by atoms with E-state index in [-0.39, 0.29) is 11.9 Å². The van der Waals surface area contributed by atoms with Gasteiger partial charge < -0.3 is 13.7 Å². The molecule has 0 spiro atoms. The minimum Gasteiger partial charge on any atom is -0.457 e. The molecule has 106 valence electrons. The summed E-state index contributed by atoms with van der Waals surface area (Å²) in [7, 11) is 0.